The largest absolute Gasteiger partial charge is 0.279 e. The Labute approximate surface area is 117 Å². The third-order valence-electron chi connectivity index (χ3n) is 3.16. The van der Waals surface area contributed by atoms with Crippen molar-refractivity contribution >= 4 is 15.7 Å². The predicted molar refractivity (Wildman–Crippen MR) is 74.6 cm³/mol. The molecule has 2 rings (SSSR count). The number of halogens is 1. The molecule has 0 aliphatic rings. The standard InChI is InChI=1S/C13H16FN3O2S/c1-8-5-6-11(14)7-12(8)16-20(18,19)13-9(2)15-17(4)10(13)3/h5-7,16H,1-4H3. The molecule has 20 heavy (non-hydrogen) atoms. The van der Waals surface area contributed by atoms with E-state index in [2.05, 4.69) is 9.82 Å². The summed E-state index contributed by atoms with van der Waals surface area (Å²) in [6, 6.07) is 3.97. The summed E-state index contributed by atoms with van der Waals surface area (Å²) in [6.07, 6.45) is 0. The molecule has 2 aromatic rings. The van der Waals surface area contributed by atoms with Crippen LogP contribution in [0.3, 0.4) is 0 Å². The van der Waals surface area contributed by atoms with Crippen LogP contribution >= 0.6 is 0 Å². The summed E-state index contributed by atoms with van der Waals surface area (Å²) in [5.41, 5.74) is 1.82. The molecule has 1 aromatic carbocycles. The first kappa shape index (κ1) is 14.5. The van der Waals surface area contributed by atoms with Gasteiger partial charge in [-0.1, -0.05) is 6.07 Å². The average molecular weight is 297 g/mol. The first-order chi connectivity index (χ1) is 9.22. The van der Waals surface area contributed by atoms with E-state index in [9.17, 15) is 12.8 Å². The van der Waals surface area contributed by atoms with E-state index >= 15 is 0 Å². The number of hydrogen-bond acceptors (Lipinski definition) is 3. The zero-order chi connectivity index (χ0) is 15.1. The van der Waals surface area contributed by atoms with E-state index < -0.39 is 15.8 Å². The van der Waals surface area contributed by atoms with Crippen LogP contribution in [0, 0.1) is 26.6 Å². The van der Waals surface area contributed by atoms with Gasteiger partial charge in [-0.05, 0) is 38.5 Å². The minimum atomic E-state index is -3.79. The van der Waals surface area contributed by atoms with Crippen LogP contribution in [0.2, 0.25) is 0 Å². The summed E-state index contributed by atoms with van der Waals surface area (Å²) in [7, 11) is -2.12. The van der Waals surface area contributed by atoms with Crippen molar-refractivity contribution in [1.82, 2.24) is 9.78 Å². The SMILES string of the molecule is Cc1ccc(F)cc1NS(=O)(=O)c1c(C)nn(C)c1C. The first-order valence-electron chi connectivity index (χ1n) is 6.01. The summed E-state index contributed by atoms with van der Waals surface area (Å²) in [5, 5.41) is 4.08. The molecule has 108 valence electrons. The third kappa shape index (κ3) is 2.53. The Morgan fingerprint density at radius 3 is 2.45 bits per heavy atom. The van der Waals surface area contributed by atoms with Gasteiger partial charge in [-0.2, -0.15) is 5.10 Å². The fourth-order valence-corrected chi connectivity index (χ4v) is 3.61. The molecule has 0 fully saturated rings. The van der Waals surface area contributed by atoms with Crippen molar-refractivity contribution in [2.24, 2.45) is 7.05 Å². The number of rotatable bonds is 3. The van der Waals surface area contributed by atoms with Gasteiger partial charge >= 0.3 is 0 Å². The number of aromatic nitrogens is 2. The van der Waals surface area contributed by atoms with Gasteiger partial charge in [0.15, 0.2) is 0 Å². The van der Waals surface area contributed by atoms with Crippen LogP contribution in [0.1, 0.15) is 17.0 Å². The average Bonchev–Trinajstić information content (AvgIpc) is 2.58. The van der Waals surface area contributed by atoms with Gasteiger partial charge in [-0.15, -0.1) is 0 Å². The number of nitrogens with one attached hydrogen (secondary N) is 1. The highest BCUT2D eigenvalue weighted by Crippen LogP contribution is 2.24. The van der Waals surface area contributed by atoms with Gasteiger partial charge in [0.2, 0.25) is 0 Å². The van der Waals surface area contributed by atoms with Crippen LogP contribution in [0.25, 0.3) is 0 Å². The second-order valence-electron chi connectivity index (χ2n) is 4.69. The van der Waals surface area contributed by atoms with Gasteiger partial charge in [0.25, 0.3) is 10.0 Å². The lowest BCUT2D eigenvalue weighted by Crippen LogP contribution is -2.15. The van der Waals surface area contributed by atoms with Crippen LogP contribution < -0.4 is 4.72 Å². The molecule has 7 heteroatoms. The smallest absolute Gasteiger partial charge is 0.265 e. The van der Waals surface area contributed by atoms with Gasteiger partial charge in [-0.3, -0.25) is 9.40 Å². The van der Waals surface area contributed by atoms with Gasteiger partial charge in [0.05, 0.1) is 17.1 Å². The minimum Gasteiger partial charge on any atom is -0.279 e. The molecule has 1 N–H and O–H groups in total. The van der Waals surface area contributed by atoms with E-state index in [0.717, 1.165) is 6.07 Å². The Balaban J connectivity index is 2.49. The monoisotopic (exact) mass is 297 g/mol. The summed E-state index contributed by atoms with van der Waals surface area (Å²) < 4.78 is 42.0. The quantitative estimate of drug-likeness (QED) is 0.945. The Bertz CT molecular complexity index is 766. The highest BCUT2D eigenvalue weighted by Gasteiger charge is 2.24. The molecule has 0 aliphatic carbocycles. The topological polar surface area (TPSA) is 64.0 Å². The van der Waals surface area contributed by atoms with E-state index in [-0.39, 0.29) is 10.6 Å². The van der Waals surface area contributed by atoms with Crippen molar-refractivity contribution in [3.63, 3.8) is 0 Å². The normalized spacial score (nSPS) is 11.7. The Morgan fingerprint density at radius 1 is 1.25 bits per heavy atom. The van der Waals surface area contributed by atoms with Gasteiger partial charge in [0.1, 0.15) is 10.7 Å². The number of hydrogen-bond donors (Lipinski definition) is 1. The van der Waals surface area contributed by atoms with Crippen molar-refractivity contribution < 1.29 is 12.8 Å². The van der Waals surface area contributed by atoms with Gasteiger partial charge < -0.3 is 0 Å². The molecule has 1 aromatic heterocycles. The molecule has 0 aliphatic heterocycles. The summed E-state index contributed by atoms with van der Waals surface area (Å²) in [6.45, 7) is 5.01. The van der Waals surface area contributed by atoms with E-state index in [1.54, 1.807) is 27.8 Å². The summed E-state index contributed by atoms with van der Waals surface area (Å²) in [5.74, 6) is -0.493. The van der Waals surface area contributed by atoms with Crippen molar-refractivity contribution in [1.29, 1.82) is 0 Å². The molecule has 0 saturated heterocycles. The lowest BCUT2D eigenvalue weighted by Gasteiger charge is -2.11. The maximum absolute atomic E-state index is 13.2. The molecule has 0 atom stereocenters. The van der Waals surface area contributed by atoms with E-state index in [1.165, 1.54) is 16.8 Å². The van der Waals surface area contributed by atoms with Crippen molar-refractivity contribution in [2.75, 3.05) is 4.72 Å². The number of anilines is 1. The zero-order valence-electron chi connectivity index (χ0n) is 11.7. The van der Waals surface area contributed by atoms with Crippen LogP contribution in [0.15, 0.2) is 23.1 Å². The summed E-state index contributed by atoms with van der Waals surface area (Å²) in [4.78, 5) is 0.128. The highest BCUT2D eigenvalue weighted by atomic mass is 32.2. The van der Waals surface area contributed by atoms with E-state index in [4.69, 9.17) is 0 Å². The molecule has 0 amide bonds. The summed E-state index contributed by atoms with van der Waals surface area (Å²) >= 11 is 0. The second kappa shape index (κ2) is 4.90. The van der Waals surface area contributed by atoms with Gasteiger partial charge in [-0.25, -0.2) is 12.8 Å². The lowest BCUT2D eigenvalue weighted by molar-refractivity contribution is 0.599. The van der Waals surface area contributed by atoms with Crippen LogP contribution in [-0.4, -0.2) is 18.2 Å². The van der Waals surface area contributed by atoms with Crippen LogP contribution in [0.5, 0.6) is 0 Å². The minimum absolute atomic E-state index is 0.128. The van der Waals surface area contributed by atoms with Crippen molar-refractivity contribution in [3.05, 3.63) is 41.0 Å². The molecule has 1 heterocycles. The number of aryl methyl sites for hydroxylation is 3. The number of sulfonamides is 1. The maximum Gasteiger partial charge on any atom is 0.265 e. The lowest BCUT2D eigenvalue weighted by atomic mass is 10.2. The van der Waals surface area contributed by atoms with E-state index in [1.807, 2.05) is 0 Å². The number of nitrogens with zero attached hydrogens (tertiary/aromatic N) is 2. The molecular weight excluding hydrogens is 281 g/mol. The van der Waals surface area contributed by atoms with Crippen molar-refractivity contribution in [3.8, 4) is 0 Å². The maximum atomic E-state index is 13.2. The highest BCUT2D eigenvalue weighted by molar-refractivity contribution is 7.92. The first-order valence-corrected chi connectivity index (χ1v) is 7.50. The van der Waals surface area contributed by atoms with Gasteiger partial charge in [0, 0.05) is 7.05 Å². The molecule has 5 nitrogen and oxygen atoms in total. The molecule has 0 spiro atoms. The fourth-order valence-electron chi connectivity index (χ4n) is 2.04. The Hall–Kier alpha value is -1.89. The van der Waals surface area contributed by atoms with E-state index in [0.29, 0.717) is 17.0 Å². The van der Waals surface area contributed by atoms with Crippen LogP contribution in [-0.2, 0) is 17.1 Å². The molecule has 0 bridgehead atoms. The second-order valence-corrected chi connectivity index (χ2v) is 6.31. The Morgan fingerprint density at radius 2 is 1.90 bits per heavy atom. The number of benzene rings is 1. The fraction of sp³-hybridized carbons (Fsp3) is 0.308. The Kier molecular flexibility index (Phi) is 3.56. The molecule has 0 radical (unpaired) electrons. The van der Waals surface area contributed by atoms with Crippen molar-refractivity contribution in [2.45, 2.75) is 25.7 Å². The zero-order valence-corrected chi connectivity index (χ0v) is 12.5. The molecular formula is C13H16FN3O2S. The molecule has 0 unspecified atom stereocenters. The third-order valence-corrected chi connectivity index (χ3v) is 4.77. The predicted octanol–water partition coefficient (Wildman–Crippen LogP) is 2.29. The molecule has 0 saturated carbocycles. The van der Waals surface area contributed by atoms with Crippen LogP contribution in [0.4, 0.5) is 10.1 Å².